The molecule has 2 unspecified atom stereocenters. The molecule has 0 aliphatic rings. The second-order valence-corrected chi connectivity index (χ2v) is 6.01. The molecule has 0 aliphatic carbocycles. The third kappa shape index (κ3) is 6.92. The van der Waals surface area contributed by atoms with Crippen molar-refractivity contribution < 1.29 is 19.8 Å². The number of carboxylic acids is 2. The van der Waals surface area contributed by atoms with Crippen molar-refractivity contribution in [1.29, 1.82) is 0 Å². The molecule has 4 nitrogen and oxygen atoms in total. The van der Waals surface area contributed by atoms with E-state index in [9.17, 15) is 14.7 Å². The number of carboxylic acid groups (broad SMARTS) is 2. The highest BCUT2D eigenvalue weighted by molar-refractivity contribution is 5.74. The van der Waals surface area contributed by atoms with Gasteiger partial charge in [0.2, 0.25) is 0 Å². The molecular weight excluding hydrogens is 256 g/mol. The molecule has 0 fully saturated rings. The highest BCUT2D eigenvalue weighted by Crippen LogP contribution is 2.33. The Hall–Kier alpha value is -1.06. The fourth-order valence-electron chi connectivity index (χ4n) is 2.45. The number of rotatable bonds is 12. The average molecular weight is 286 g/mol. The summed E-state index contributed by atoms with van der Waals surface area (Å²) in [7, 11) is 0. The van der Waals surface area contributed by atoms with Crippen LogP contribution in [-0.2, 0) is 9.59 Å². The second-order valence-electron chi connectivity index (χ2n) is 6.01. The van der Waals surface area contributed by atoms with E-state index < -0.39 is 23.3 Å². The van der Waals surface area contributed by atoms with Crippen LogP contribution < -0.4 is 0 Å². The molecule has 20 heavy (non-hydrogen) atoms. The van der Waals surface area contributed by atoms with Crippen molar-refractivity contribution in [2.45, 2.75) is 78.6 Å². The molecule has 0 radical (unpaired) electrons. The first-order valence-electron chi connectivity index (χ1n) is 7.83. The largest absolute Gasteiger partial charge is 0.481 e. The van der Waals surface area contributed by atoms with Gasteiger partial charge in [0.25, 0.3) is 0 Å². The van der Waals surface area contributed by atoms with Gasteiger partial charge in [-0.1, -0.05) is 46.0 Å². The van der Waals surface area contributed by atoms with Crippen LogP contribution in [-0.4, -0.2) is 22.2 Å². The van der Waals surface area contributed by atoms with Gasteiger partial charge in [-0.25, -0.2) is 0 Å². The third-order valence-electron chi connectivity index (χ3n) is 4.24. The quantitative estimate of drug-likeness (QED) is 0.524. The maximum Gasteiger partial charge on any atom is 0.309 e. The summed E-state index contributed by atoms with van der Waals surface area (Å²) < 4.78 is 0. The molecule has 118 valence electrons. The summed E-state index contributed by atoms with van der Waals surface area (Å²) >= 11 is 0. The highest BCUT2D eigenvalue weighted by Gasteiger charge is 2.33. The van der Waals surface area contributed by atoms with Crippen molar-refractivity contribution in [2.24, 2.45) is 11.3 Å². The van der Waals surface area contributed by atoms with E-state index in [1.165, 1.54) is 12.8 Å². The maximum atomic E-state index is 11.5. The van der Waals surface area contributed by atoms with E-state index in [2.05, 4.69) is 6.92 Å². The van der Waals surface area contributed by atoms with Gasteiger partial charge in [-0.05, 0) is 32.6 Å². The Morgan fingerprint density at radius 2 is 1.60 bits per heavy atom. The van der Waals surface area contributed by atoms with Gasteiger partial charge in [0, 0.05) is 0 Å². The highest BCUT2D eigenvalue weighted by atomic mass is 16.4. The molecule has 0 heterocycles. The smallest absolute Gasteiger partial charge is 0.309 e. The van der Waals surface area contributed by atoms with Crippen LogP contribution in [0.2, 0.25) is 0 Å². The van der Waals surface area contributed by atoms with Crippen molar-refractivity contribution in [2.75, 3.05) is 0 Å². The minimum absolute atomic E-state index is 0.422. The molecular formula is C16H30O4. The molecule has 0 aliphatic heterocycles. The summed E-state index contributed by atoms with van der Waals surface area (Å²) in [6.07, 6.45) is 7.58. The maximum absolute atomic E-state index is 11.5. The summed E-state index contributed by atoms with van der Waals surface area (Å²) in [4.78, 5) is 22.5. The Labute approximate surface area is 122 Å². The minimum atomic E-state index is -0.816. The van der Waals surface area contributed by atoms with Gasteiger partial charge in [-0.2, -0.15) is 0 Å². The molecule has 2 N–H and O–H groups in total. The molecule has 0 amide bonds. The molecule has 0 bridgehead atoms. The first-order valence-corrected chi connectivity index (χ1v) is 7.83. The number of hydrogen-bond acceptors (Lipinski definition) is 2. The van der Waals surface area contributed by atoms with Gasteiger partial charge < -0.3 is 10.2 Å². The van der Waals surface area contributed by atoms with Crippen molar-refractivity contribution in [1.82, 2.24) is 0 Å². The fourth-order valence-corrected chi connectivity index (χ4v) is 2.45. The standard InChI is InChI=1S/C16H30O4/c1-4-6-7-8-9-11-16(3,15(19)20)12-10-13(5-2)14(17)18/h13H,4-12H2,1-3H3,(H,17,18)(H,19,20). The zero-order valence-corrected chi connectivity index (χ0v) is 13.2. The predicted octanol–water partition coefficient (Wildman–Crippen LogP) is 4.33. The second kappa shape index (κ2) is 9.78. The molecule has 0 aromatic heterocycles. The molecule has 0 aromatic carbocycles. The van der Waals surface area contributed by atoms with E-state index in [1.54, 1.807) is 6.92 Å². The zero-order chi connectivity index (χ0) is 15.6. The van der Waals surface area contributed by atoms with Crippen LogP contribution in [0.1, 0.15) is 78.6 Å². The van der Waals surface area contributed by atoms with E-state index in [0.717, 1.165) is 19.3 Å². The van der Waals surface area contributed by atoms with Crippen molar-refractivity contribution in [3.63, 3.8) is 0 Å². The summed E-state index contributed by atoms with van der Waals surface area (Å²) in [5.74, 6) is -2.04. The monoisotopic (exact) mass is 286 g/mol. The Morgan fingerprint density at radius 3 is 2.05 bits per heavy atom. The number of hydrogen-bond donors (Lipinski definition) is 2. The van der Waals surface area contributed by atoms with E-state index in [-0.39, 0.29) is 0 Å². The Kier molecular flexibility index (Phi) is 9.26. The lowest BCUT2D eigenvalue weighted by molar-refractivity contribution is -0.150. The van der Waals surface area contributed by atoms with E-state index in [4.69, 9.17) is 5.11 Å². The van der Waals surface area contributed by atoms with Crippen LogP contribution in [0.4, 0.5) is 0 Å². The van der Waals surface area contributed by atoms with Gasteiger partial charge in [0.1, 0.15) is 0 Å². The van der Waals surface area contributed by atoms with E-state index in [0.29, 0.717) is 25.7 Å². The zero-order valence-electron chi connectivity index (χ0n) is 13.2. The van der Waals surface area contributed by atoms with E-state index >= 15 is 0 Å². The van der Waals surface area contributed by atoms with Gasteiger partial charge in [-0.3, -0.25) is 9.59 Å². The SMILES string of the molecule is CCCCCCCC(C)(CCC(CC)C(=O)O)C(=O)O. The summed E-state index contributed by atoms with van der Waals surface area (Å²) in [5.41, 5.74) is -0.783. The van der Waals surface area contributed by atoms with Crippen molar-refractivity contribution in [3.8, 4) is 0 Å². The summed E-state index contributed by atoms with van der Waals surface area (Å²) in [6, 6.07) is 0. The Balaban J connectivity index is 4.30. The van der Waals surface area contributed by atoms with Crippen LogP contribution in [0.3, 0.4) is 0 Å². The lowest BCUT2D eigenvalue weighted by atomic mass is 9.78. The van der Waals surface area contributed by atoms with E-state index in [1.807, 2.05) is 6.92 Å². The topological polar surface area (TPSA) is 74.6 Å². The number of unbranched alkanes of at least 4 members (excludes halogenated alkanes) is 4. The van der Waals surface area contributed by atoms with Crippen LogP contribution >= 0.6 is 0 Å². The van der Waals surface area contributed by atoms with Crippen LogP contribution in [0.25, 0.3) is 0 Å². The van der Waals surface area contributed by atoms with Gasteiger partial charge >= 0.3 is 11.9 Å². The van der Waals surface area contributed by atoms with Crippen molar-refractivity contribution in [3.05, 3.63) is 0 Å². The van der Waals surface area contributed by atoms with Gasteiger partial charge in [0.05, 0.1) is 11.3 Å². The fraction of sp³-hybridized carbons (Fsp3) is 0.875. The Bertz CT molecular complexity index is 301. The van der Waals surface area contributed by atoms with Gasteiger partial charge in [0.15, 0.2) is 0 Å². The first-order chi connectivity index (χ1) is 9.37. The van der Waals surface area contributed by atoms with Crippen LogP contribution in [0.15, 0.2) is 0 Å². The first kappa shape index (κ1) is 18.9. The minimum Gasteiger partial charge on any atom is -0.481 e. The average Bonchev–Trinajstić information content (AvgIpc) is 2.38. The van der Waals surface area contributed by atoms with Crippen molar-refractivity contribution >= 4 is 11.9 Å². The molecule has 2 atom stereocenters. The normalized spacial score (nSPS) is 15.6. The van der Waals surface area contributed by atoms with Crippen LogP contribution in [0, 0.1) is 11.3 Å². The summed E-state index contributed by atoms with van der Waals surface area (Å²) in [5, 5.41) is 18.4. The number of carbonyl (C=O) groups is 2. The van der Waals surface area contributed by atoms with Gasteiger partial charge in [-0.15, -0.1) is 0 Å². The lowest BCUT2D eigenvalue weighted by Crippen LogP contribution is -2.29. The molecule has 0 aromatic rings. The predicted molar refractivity (Wildman–Crippen MR) is 79.8 cm³/mol. The molecule has 0 saturated heterocycles. The molecule has 0 saturated carbocycles. The molecule has 0 spiro atoms. The summed E-state index contributed by atoms with van der Waals surface area (Å²) in [6.45, 7) is 5.74. The van der Waals surface area contributed by atoms with Crippen LogP contribution in [0.5, 0.6) is 0 Å². The Morgan fingerprint density at radius 1 is 1.00 bits per heavy atom. The number of aliphatic carboxylic acids is 2. The molecule has 4 heteroatoms. The lowest BCUT2D eigenvalue weighted by Gasteiger charge is -2.26. The molecule has 0 rings (SSSR count). The third-order valence-corrected chi connectivity index (χ3v) is 4.24.